The van der Waals surface area contributed by atoms with Crippen molar-refractivity contribution in [2.45, 2.75) is 12.2 Å². The summed E-state index contributed by atoms with van der Waals surface area (Å²) in [5, 5.41) is 18.9. The molecule has 1 aliphatic rings. The van der Waals surface area contributed by atoms with Gasteiger partial charge in [-0.1, -0.05) is 11.6 Å². The van der Waals surface area contributed by atoms with Gasteiger partial charge in [0.15, 0.2) is 0 Å². The molecule has 0 spiro atoms. The van der Waals surface area contributed by atoms with Crippen LogP contribution in [0.15, 0.2) is 12.3 Å². The van der Waals surface area contributed by atoms with Crippen LogP contribution in [-0.4, -0.2) is 51.3 Å². The number of hydrogen-bond acceptors (Lipinski definition) is 5. The van der Waals surface area contributed by atoms with E-state index in [-0.39, 0.29) is 35.4 Å². The molecule has 1 saturated heterocycles. The van der Waals surface area contributed by atoms with Crippen molar-refractivity contribution < 1.29 is 15.0 Å². The third-order valence-corrected chi connectivity index (χ3v) is 2.88. The maximum atomic E-state index is 12.0. The molecule has 0 aromatic carbocycles. The van der Waals surface area contributed by atoms with Gasteiger partial charge >= 0.3 is 0 Å². The topological polar surface area (TPSA) is 99.7 Å². The molecule has 4 N–H and O–H groups in total. The normalized spacial score (nSPS) is 24.1. The third-order valence-electron chi connectivity index (χ3n) is 2.68. The zero-order valence-electron chi connectivity index (χ0n) is 8.88. The molecule has 6 nitrogen and oxygen atoms in total. The second kappa shape index (κ2) is 4.48. The summed E-state index contributed by atoms with van der Waals surface area (Å²) in [7, 11) is 0. The van der Waals surface area contributed by atoms with Crippen molar-refractivity contribution in [1.82, 2.24) is 9.88 Å². The Labute approximate surface area is 103 Å². The van der Waals surface area contributed by atoms with Gasteiger partial charge in [0.1, 0.15) is 5.15 Å². The van der Waals surface area contributed by atoms with E-state index in [1.165, 1.54) is 17.2 Å². The molecule has 17 heavy (non-hydrogen) atoms. The molecule has 0 aliphatic carbocycles. The smallest absolute Gasteiger partial charge is 0.256 e. The number of aliphatic hydroxyl groups excluding tert-OH is 2. The van der Waals surface area contributed by atoms with Gasteiger partial charge in [0, 0.05) is 13.1 Å². The van der Waals surface area contributed by atoms with Crippen molar-refractivity contribution in [3.63, 3.8) is 0 Å². The van der Waals surface area contributed by atoms with E-state index in [1.54, 1.807) is 0 Å². The zero-order valence-corrected chi connectivity index (χ0v) is 9.63. The Morgan fingerprint density at radius 1 is 1.47 bits per heavy atom. The highest BCUT2D eigenvalue weighted by Crippen LogP contribution is 2.20. The summed E-state index contributed by atoms with van der Waals surface area (Å²) < 4.78 is 0. The number of aromatic nitrogens is 1. The van der Waals surface area contributed by atoms with Crippen LogP contribution in [0.3, 0.4) is 0 Å². The third kappa shape index (κ3) is 2.33. The molecule has 2 atom stereocenters. The molecule has 7 heteroatoms. The van der Waals surface area contributed by atoms with E-state index in [2.05, 4.69) is 4.98 Å². The highest BCUT2D eigenvalue weighted by Gasteiger charge is 2.33. The number of nitrogens with two attached hydrogens (primary N) is 1. The van der Waals surface area contributed by atoms with E-state index >= 15 is 0 Å². The minimum atomic E-state index is -0.919. The number of hydrogen-bond donors (Lipinski definition) is 3. The van der Waals surface area contributed by atoms with Crippen molar-refractivity contribution in [1.29, 1.82) is 0 Å². The average molecular weight is 258 g/mol. The Kier molecular flexibility index (Phi) is 3.19. The zero-order chi connectivity index (χ0) is 12.6. The predicted octanol–water partition coefficient (Wildman–Crippen LogP) is -0.505. The Morgan fingerprint density at radius 3 is 2.65 bits per heavy atom. The molecule has 1 fully saturated rings. The second-order valence-corrected chi connectivity index (χ2v) is 4.33. The van der Waals surface area contributed by atoms with Crippen molar-refractivity contribution in [2.75, 3.05) is 18.8 Å². The Bertz CT molecular complexity index is 444. The SMILES string of the molecule is Nc1cnc(Cl)cc1C(=O)N1CC(O)C(O)C1. The van der Waals surface area contributed by atoms with Crippen LogP contribution in [0.4, 0.5) is 5.69 Å². The molecule has 92 valence electrons. The number of halogens is 1. The standard InChI is InChI=1S/C10H12ClN3O3/c11-9-1-5(6(12)2-13-9)10(17)14-3-7(15)8(16)4-14/h1-2,7-8,15-16H,3-4,12H2. The number of anilines is 1. The number of rotatable bonds is 1. The lowest BCUT2D eigenvalue weighted by atomic mass is 10.2. The van der Waals surface area contributed by atoms with Gasteiger partial charge < -0.3 is 20.8 Å². The summed E-state index contributed by atoms with van der Waals surface area (Å²) in [4.78, 5) is 17.1. The summed E-state index contributed by atoms with van der Waals surface area (Å²) in [6.07, 6.45) is -0.534. The van der Waals surface area contributed by atoms with E-state index in [0.717, 1.165) is 0 Å². The Morgan fingerprint density at radius 2 is 2.06 bits per heavy atom. The van der Waals surface area contributed by atoms with Gasteiger partial charge in [-0.3, -0.25) is 4.79 Å². The number of carbonyl (C=O) groups is 1. The van der Waals surface area contributed by atoms with Crippen LogP contribution in [-0.2, 0) is 0 Å². The van der Waals surface area contributed by atoms with Gasteiger partial charge in [-0.05, 0) is 6.07 Å². The molecule has 2 unspecified atom stereocenters. The number of nitrogens with zero attached hydrogens (tertiary/aromatic N) is 2. The summed E-state index contributed by atoms with van der Waals surface area (Å²) in [6, 6.07) is 1.37. The minimum Gasteiger partial charge on any atom is -0.397 e. The highest BCUT2D eigenvalue weighted by atomic mass is 35.5. The molecule has 2 heterocycles. The van der Waals surface area contributed by atoms with Gasteiger partial charge in [-0.15, -0.1) is 0 Å². The van der Waals surface area contributed by atoms with Crippen LogP contribution >= 0.6 is 11.6 Å². The Balaban J connectivity index is 2.23. The lowest BCUT2D eigenvalue weighted by Gasteiger charge is -2.16. The van der Waals surface area contributed by atoms with E-state index in [4.69, 9.17) is 17.3 Å². The molecule has 1 aromatic heterocycles. The number of pyridine rings is 1. The van der Waals surface area contributed by atoms with Gasteiger partial charge in [0.05, 0.1) is 29.7 Å². The first-order valence-corrected chi connectivity index (χ1v) is 5.43. The van der Waals surface area contributed by atoms with Crippen LogP contribution in [0.5, 0.6) is 0 Å². The fourth-order valence-electron chi connectivity index (χ4n) is 1.73. The monoisotopic (exact) mass is 257 g/mol. The maximum absolute atomic E-state index is 12.0. The second-order valence-electron chi connectivity index (χ2n) is 3.94. The van der Waals surface area contributed by atoms with Crippen molar-refractivity contribution in [3.8, 4) is 0 Å². The molecule has 0 radical (unpaired) electrons. The lowest BCUT2D eigenvalue weighted by Crippen LogP contribution is -2.30. The lowest BCUT2D eigenvalue weighted by molar-refractivity contribution is 0.0572. The van der Waals surface area contributed by atoms with Gasteiger partial charge in [0.2, 0.25) is 0 Å². The number of amides is 1. The molecule has 1 aromatic rings. The molecule has 0 saturated carbocycles. The van der Waals surface area contributed by atoms with E-state index in [1.807, 2.05) is 0 Å². The molecule has 0 bridgehead atoms. The van der Waals surface area contributed by atoms with Gasteiger partial charge in [-0.25, -0.2) is 4.98 Å². The fraction of sp³-hybridized carbons (Fsp3) is 0.400. The van der Waals surface area contributed by atoms with Gasteiger partial charge in [-0.2, -0.15) is 0 Å². The molecular weight excluding hydrogens is 246 g/mol. The number of aliphatic hydroxyl groups is 2. The highest BCUT2D eigenvalue weighted by molar-refractivity contribution is 6.29. The molecule has 1 aliphatic heterocycles. The van der Waals surface area contributed by atoms with Crippen molar-refractivity contribution in [3.05, 3.63) is 23.0 Å². The summed E-state index contributed by atoms with van der Waals surface area (Å²) in [5.74, 6) is -0.373. The largest absolute Gasteiger partial charge is 0.397 e. The van der Waals surface area contributed by atoms with Crippen LogP contribution in [0.2, 0.25) is 5.15 Å². The number of nitrogen functional groups attached to an aromatic ring is 1. The van der Waals surface area contributed by atoms with Gasteiger partial charge in [0.25, 0.3) is 5.91 Å². The van der Waals surface area contributed by atoms with Crippen LogP contribution in [0.1, 0.15) is 10.4 Å². The maximum Gasteiger partial charge on any atom is 0.256 e. The number of carbonyl (C=O) groups excluding carboxylic acids is 1. The summed E-state index contributed by atoms with van der Waals surface area (Å²) >= 11 is 5.69. The first kappa shape index (κ1) is 12.1. The summed E-state index contributed by atoms with van der Waals surface area (Å²) in [6.45, 7) is 0.165. The minimum absolute atomic E-state index is 0.0827. The first-order valence-electron chi connectivity index (χ1n) is 5.05. The van der Waals surface area contributed by atoms with Crippen molar-refractivity contribution in [2.24, 2.45) is 0 Å². The number of β-amino-alcohol motifs (C(OH)–C–C–N with tert-alkyl or cyclic N) is 2. The average Bonchev–Trinajstić information content (AvgIpc) is 2.62. The van der Waals surface area contributed by atoms with Crippen LogP contribution in [0.25, 0.3) is 0 Å². The van der Waals surface area contributed by atoms with E-state index in [0.29, 0.717) is 0 Å². The molecule has 2 rings (SSSR count). The summed E-state index contributed by atoms with van der Waals surface area (Å²) in [5.41, 5.74) is 6.08. The quantitative estimate of drug-likeness (QED) is 0.589. The van der Waals surface area contributed by atoms with Crippen LogP contribution in [0, 0.1) is 0 Å². The fourth-order valence-corrected chi connectivity index (χ4v) is 1.89. The van der Waals surface area contributed by atoms with E-state index < -0.39 is 12.2 Å². The molecular formula is C10H12ClN3O3. The van der Waals surface area contributed by atoms with E-state index in [9.17, 15) is 15.0 Å². The molecule has 1 amide bonds. The van der Waals surface area contributed by atoms with Crippen LogP contribution < -0.4 is 5.73 Å². The first-order chi connectivity index (χ1) is 7.99. The predicted molar refractivity (Wildman–Crippen MR) is 61.6 cm³/mol. The number of likely N-dealkylation sites (tertiary alicyclic amines) is 1. The Hall–Kier alpha value is -1.37. The van der Waals surface area contributed by atoms with Crippen molar-refractivity contribution >= 4 is 23.2 Å².